The molecule has 3 saturated carbocycles. The van der Waals surface area contributed by atoms with Gasteiger partial charge in [0.1, 0.15) is 0 Å². The number of carbonyl (C=O) groups excluding carboxylic acids is 6. The van der Waals surface area contributed by atoms with Crippen LogP contribution in [0.15, 0.2) is 0 Å². The summed E-state index contributed by atoms with van der Waals surface area (Å²) in [6, 6.07) is 0. The molecule has 3 aliphatic carbocycles. The normalized spacial score (nSPS) is 11.5. The third kappa shape index (κ3) is 160. The molecule has 0 aromatic carbocycles. The summed E-state index contributed by atoms with van der Waals surface area (Å²) in [4.78, 5) is 57.6. The van der Waals surface area contributed by atoms with Gasteiger partial charge in [0.25, 0.3) is 0 Å². The van der Waals surface area contributed by atoms with Crippen molar-refractivity contribution in [3.8, 4) is 0 Å². The summed E-state index contributed by atoms with van der Waals surface area (Å²) in [6.45, 7) is 11.9. The van der Waals surface area contributed by atoms with Gasteiger partial charge in [-0.05, 0) is 27.2 Å². The van der Waals surface area contributed by atoms with Crippen molar-refractivity contribution in [2.45, 2.75) is 132 Å². The lowest BCUT2D eigenvalue weighted by atomic mass is 10.0. The van der Waals surface area contributed by atoms with E-state index < -0.39 is 0 Å². The number of carbonyl (C=O) groups is 6. The molecule has 0 bridgehead atoms. The second kappa shape index (κ2) is 59.3. The fourth-order valence-corrected chi connectivity index (χ4v) is 0.926. The smallest absolute Gasteiger partial charge is 0.235 e. The lowest BCUT2D eigenvalue weighted by Crippen LogP contribution is -2.38. The summed E-state index contributed by atoms with van der Waals surface area (Å²) >= 11 is 9.27. The number of nitrogens with one attached hydrogen (secondary N) is 4. The first kappa shape index (κ1) is 53.5. The van der Waals surface area contributed by atoms with Gasteiger partial charge in [-0.3, -0.25) is 50.5 Å². The highest BCUT2D eigenvalue weighted by molar-refractivity contribution is 6.63. The summed E-state index contributed by atoms with van der Waals surface area (Å²) in [5.74, 6) is 8.15. The molecule has 12 nitrogen and oxygen atoms in total. The predicted molar refractivity (Wildman–Crippen MR) is 185 cm³/mol. The van der Waals surface area contributed by atoms with Gasteiger partial charge in [0.15, 0.2) is 0 Å². The standard InChI is InChI=1S/C4H8N2O2.3C4H8.2C2H3ClO.2C2H6N2O.C2H6.3BH/c1-3(7)5-6-4(2)8;3*1-2-4-3-1;2*1-2(3)4;2*1-2(5)4-3;1-2;;;/h1-2H3,(H,5,7)(H,6,8);3*1-4H2;2*1H3;2*3H2,1H3,(H,4,5);1-2H3;3*1H/i;;;;;;;;;3*1D. The Labute approximate surface area is 280 Å². The molecule has 252 valence electrons. The highest BCUT2D eigenvalue weighted by Crippen LogP contribution is 2.15. The third-order valence-corrected chi connectivity index (χ3v) is 3.82. The molecule has 0 spiro atoms. The van der Waals surface area contributed by atoms with E-state index in [-0.39, 0.29) is 34.1 Å². The number of hydrazine groups is 3. The predicted octanol–water partition coefficient (Wildman–Crippen LogP) is 2.47. The van der Waals surface area contributed by atoms with Crippen molar-refractivity contribution in [3.63, 3.8) is 0 Å². The van der Waals surface area contributed by atoms with Crippen molar-refractivity contribution >= 4 is 82.4 Å². The van der Waals surface area contributed by atoms with Crippen LogP contribution in [-0.2, 0) is 28.8 Å². The highest BCUT2D eigenvalue weighted by Gasteiger charge is 1.96. The van der Waals surface area contributed by atoms with Gasteiger partial charge in [-0.1, -0.05) is 90.9 Å². The molecule has 4 amide bonds. The maximum absolute atomic E-state index is 10.0. The first-order valence-corrected chi connectivity index (χ1v) is 14.2. The van der Waals surface area contributed by atoms with Crippen LogP contribution in [0, 0.1) is 0 Å². The van der Waals surface area contributed by atoms with E-state index in [4.69, 9.17) is 4.01 Å². The lowest BCUT2D eigenvalue weighted by molar-refractivity contribution is -0.126. The molecule has 0 aliphatic heterocycles. The minimum absolute atomic E-state index is 0.218. The maximum atomic E-state index is 10.0. The molecule has 8 N–H and O–H groups in total. The molecular formula is C26H59B3Cl2N6O6. The number of nitrogens with two attached hydrogens (primary N) is 2. The van der Waals surface area contributed by atoms with E-state index >= 15 is 0 Å². The average molecular weight is 658 g/mol. The Balaban J connectivity index is -0.0000000475. The zero-order valence-electron chi connectivity index (χ0n) is 30.6. The molecule has 17 heteroatoms. The molecule has 3 fully saturated rings. The molecule has 3 aliphatic rings. The lowest BCUT2D eigenvalue weighted by Gasteiger charge is -2.05. The average Bonchev–Trinajstić information content (AvgIpc) is 2.89. The van der Waals surface area contributed by atoms with Crippen LogP contribution in [0.4, 0.5) is 0 Å². The van der Waals surface area contributed by atoms with Gasteiger partial charge < -0.3 is 0 Å². The van der Waals surface area contributed by atoms with Crippen LogP contribution in [0.1, 0.15) is 132 Å². The number of hydrogen-bond acceptors (Lipinski definition) is 8. The highest BCUT2D eigenvalue weighted by atomic mass is 35.5. The molecule has 0 aromatic rings. The molecule has 0 heterocycles. The Bertz CT molecular complexity index is 567. The molecule has 43 heavy (non-hydrogen) atoms. The Kier molecular flexibility index (Phi) is 73.8. The Morgan fingerprint density at radius 1 is 0.465 bits per heavy atom. The summed E-state index contributed by atoms with van der Waals surface area (Å²) in [6.07, 6.45) is 18.0. The van der Waals surface area contributed by atoms with Crippen LogP contribution < -0.4 is 33.4 Å². The quantitative estimate of drug-likeness (QED) is 0.0749. The maximum Gasteiger partial charge on any atom is 0.235 e. The molecule has 0 saturated heterocycles. The minimum Gasteiger partial charge on any atom is -0.295 e. The Morgan fingerprint density at radius 3 is 0.581 bits per heavy atom. The van der Waals surface area contributed by atoms with Crippen molar-refractivity contribution in [1.29, 1.82) is 4.01 Å². The monoisotopic (exact) mass is 657 g/mol. The van der Waals surface area contributed by atoms with E-state index in [1.807, 2.05) is 24.7 Å². The van der Waals surface area contributed by atoms with Crippen molar-refractivity contribution in [2.75, 3.05) is 0 Å². The van der Waals surface area contributed by atoms with Crippen LogP contribution in [0.5, 0.6) is 0 Å². The zero-order valence-corrected chi connectivity index (χ0v) is 29.1. The summed E-state index contributed by atoms with van der Waals surface area (Å²) in [7, 11) is 11.2. The van der Waals surface area contributed by atoms with E-state index in [2.05, 4.69) is 70.9 Å². The van der Waals surface area contributed by atoms with Crippen LogP contribution in [0.3, 0.4) is 0 Å². The van der Waals surface area contributed by atoms with Gasteiger partial charge in [0.05, 0.1) is 0 Å². The number of hydrogen-bond donors (Lipinski definition) is 6. The number of rotatable bonds is 0. The Morgan fingerprint density at radius 2 is 0.558 bits per heavy atom. The first-order chi connectivity index (χ1) is 21.6. The van der Waals surface area contributed by atoms with Crippen molar-refractivity contribution in [3.05, 3.63) is 0 Å². The molecule has 0 aromatic heterocycles. The van der Waals surface area contributed by atoms with Gasteiger partial charge in [-0.25, -0.2) is 11.7 Å². The number of amides is 4. The summed E-state index contributed by atoms with van der Waals surface area (Å²) < 4.78 is 15.8. The van der Waals surface area contributed by atoms with Gasteiger partial charge in [-0.2, -0.15) is 0 Å². The first-order valence-electron chi connectivity index (χ1n) is 15.2. The molecule has 6 radical (unpaired) electrons. The van der Waals surface area contributed by atoms with Crippen LogP contribution >= 0.6 is 23.2 Å². The van der Waals surface area contributed by atoms with Crippen molar-refractivity contribution in [1.82, 2.24) is 21.7 Å². The van der Waals surface area contributed by atoms with Gasteiger partial charge in [-0.15, -0.1) is 0 Å². The van der Waals surface area contributed by atoms with E-state index in [1.165, 1.54) is 119 Å². The van der Waals surface area contributed by atoms with E-state index in [9.17, 15) is 28.8 Å². The minimum atomic E-state index is -0.361. The van der Waals surface area contributed by atoms with Gasteiger partial charge in [0, 0.05) is 66.7 Å². The SMILES string of the molecule is C1CCC1.C1CCC1.C1CCC1.CC.CC(=O)Cl.CC(=O)Cl.CC(=O)NN.CC(=O)NN.CC(=O)NNC(C)=O.[2H][B].[2H][B].[2H][B]. The molecular weight excluding hydrogens is 596 g/mol. The third-order valence-electron chi connectivity index (χ3n) is 3.82. The van der Waals surface area contributed by atoms with Crippen LogP contribution in [-0.4, -0.2) is 63.3 Å². The van der Waals surface area contributed by atoms with Crippen molar-refractivity contribution in [2.24, 2.45) is 11.7 Å². The topological polar surface area (TPSA) is 203 Å². The van der Waals surface area contributed by atoms with Crippen LogP contribution in [0.2, 0.25) is 0 Å². The fraction of sp³-hybridized carbons (Fsp3) is 0.769. The van der Waals surface area contributed by atoms with Crippen molar-refractivity contribution < 1.29 is 28.8 Å². The fourth-order valence-electron chi connectivity index (χ4n) is 0.926. The summed E-state index contributed by atoms with van der Waals surface area (Å²) in [5.41, 5.74) is 7.99. The Hall–Kier alpha value is -2.09. The van der Waals surface area contributed by atoms with Gasteiger partial charge in [0.2, 0.25) is 34.1 Å². The van der Waals surface area contributed by atoms with E-state index in [1.54, 1.807) is 0 Å². The van der Waals surface area contributed by atoms with Gasteiger partial charge >= 0.3 is 0 Å². The molecule has 3 rings (SSSR count). The summed E-state index contributed by atoms with van der Waals surface area (Å²) in [5, 5.41) is -0.722. The molecule has 0 atom stereocenters. The number of halogens is 2. The second-order valence-electron chi connectivity index (χ2n) is 7.95. The van der Waals surface area contributed by atoms with E-state index in [0.717, 1.165) is 0 Å². The zero-order chi connectivity index (χ0) is 38.8. The molecule has 0 unspecified atom stereocenters. The largest absolute Gasteiger partial charge is 0.295 e. The van der Waals surface area contributed by atoms with E-state index in [0.29, 0.717) is 0 Å². The second-order valence-corrected chi connectivity index (χ2v) is 9.01. The van der Waals surface area contributed by atoms with Crippen LogP contribution in [0.25, 0.3) is 0 Å².